The predicted octanol–water partition coefficient (Wildman–Crippen LogP) is 2.36. The molecule has 0 bridgehead atoms. The summed E-state index contributed by atoms with van der Waals surface area (Å²) in [6.45, 7) is 7.61. The first-order valence-corrected chi connectivity index (χ1v) is 10.5. The van der Waals surface area contributed by atoms with Gasteiger partial charge in [-0.2, -0.15) is 0 Å². The molecular formula is C22H32N2O6. The number of esters is 1. The van der Waals surface area contributed by atoms with E-state index in [1.54, 1.807) is 37.1 Å². The second-order valence-corrected chi connectivity index (χ2v) is 7.12. The van der Waals surface area contributed by atoms with Crippen LogP contribution in [0.5, 0.6) is 11.5 Å². The lowest BCUT2D eigenvalue weighted by molar-refractivity contribution is -0.151. The average Bonchev–Trinajstić information content (AvgIpc) is 2.75. The fourth-order valence-corrected chi connectivity index (χ4v) is 3.44. The summed E-state index contributed by atoms with van der Waals surface area (Å²) in [5.41, 5.74) is 0.417. The van der Waals surface area contributed by atoms with Crippen molar-refractivity contribution in [2.75, 3.05) is 46.5 Å². The molecular weight excluding hydrogens is 388 g/mol. The van der Waals surface area contributed by atoms with Gasteiger partial charge in [0.1, 0.15) is 0 Å². The van der Waals surface area contributed by atoms with E-state index in [9.17, 15) is 14.4 Å². The minimum Gasteiger partial charge on any atom is -0.490 e. The van der Waals surface area contributed by atoms with Crippen LogP contribution in [0.1, 0.15) is 44.0 Å². The Morgan fingerprint density at radius 1 is 1.07 bits per heavy atom. The molecule has 0 aromatic heterocycles. The Bertz CT molecular complexity index is 751. The van der Waals surface area contributed by atoms with Gasteiger partial charge in [0.15, 0.2) is 11.5 Å². The third kappa shape index (κ3) is 6.11. The maximum atomic E-state index is 12.8. The van der Waals surface area contributed by atoms with Crippen molar-refractivity contribution < 1.29 is 28.6 Å². The van der Waals surface area contributed by atoms with Crippen LogP contribution in [0, 0.1) is 5.92 Å². The van der Waals surface area contributed by atoms with Gasteiger partial charge in [0, 0.05) is 25.7 Å². The van der Waals surface area contributed by atoms with Gasteiger partial charge in [0.2, 0.25) is 5.91 Å². The number of rotatable bonds is 9. The molecule has 0 radical (unpaired) electrons. The lowest BCUT2D eigenvalue weighted by Gasteiger charge is -2.32. The maximum Gasteiger partial charge on any atom is 0.310 e. The number of carbonyl (C=O) groups is 3. The summed E-state index contributed by atoms with van der Waals surface area (Å²) in [5.74, 6) is 0.0362. The van der Waals surface area contributed by atoms with Crippen molar-refractivity contribution in [1.29, 1.82) is 0 Å². The fraction of sp³-hybridized carbons (Fsp3) is 0.591. The van der Waals surface area contributed by atoms with Crippen LogP contribution in [0.3, 0.4) is 0 Å². The SMILES string of the molecule is CCOC(=O)C1CCCN(C(=O)CN(C)C(=O)c2ccc(OCC)c(OCC)c2)C1. The van der Waals surface area contributed by atoms with Crippen molar-refractivity contribution in [1.82, 2.24) is 9.80 Å². The normalized spacial score (nSPS) is 16.0. The molecule has 1 aromatic carbocycles. The Kier molecular flexibility index (Phi) is 8.95. The summed E-state index contributed by atoms with van der Waals surface area (Å²) in [4.78, 5) is 40.6. The Hall–Kier alpha value is -2.77. The van der Waals surface area contributed by atoms with Gasteiger partial charge in [0.05, 0.1) is 32.3 Å². The second kappa shape index (κ2) is 11.4. The molecule has 1 fully saturated rings. The van der Waals surface area contributed by atoms with E-state index in [4.69, 9.17) is 14.2 Å². The molecule has 0 spiro atoms. The van der Waals surface area contributed by atoms with Crippen LogP contribution >= 0.6 is 0 Å². The van der Waals surface area contributed by atoms with Gasteiger partial charge < -0.3 is 24.0 Å². The minimum absolute atomic E-state index is 0.0639. The highest BCUT2D eigenvalue weighted by Gasteiger charge is 2.30. The van der Waals surface area contributed by atoms with E-state index >= 15 is 0 Å². The zero-order valence-electron chi connectivity index (χ0n) is 18.3. The van der Waals surface area contributed by atoms with E-state index in [2.05, 4.69) is 0 Å². The number of amides is 2. The monoisotopic (exact) mass is 420 g/mol. The summed E-state index contributed by atoms with van der Waals surface area (Å²) in [6.07, 6.45) is 1.45. The van der Waals surface area contributed by atoms with Gasteiger partial charge in [0.25, 0.3) is 5.91 Å². The minimum atomic E-state index is -0.302. The number of likely N-dealkylation sites (N-methyl/N-ethyl adjacent to an activating group) is 1. The Labute approximate surface area is 178 Å². The molecule has 1 aliphatic rings. The molecule has 1 atom stereocenters. The van der Waals surface area contributed by atoms with Gasteiger partial charge in [-0.1, -0.05) is 0 Å². The van der Waals surface area contributed by atoms with E-state index in [0.29, 0.717) is 56.4 Å². The van der Waals surface area contributed by atoms with Crippen molar-refractivity contribution >= 4 is 17.8 Å². The fourth-order valence-electron chi connectivity index (χ4n) is 3.44. The number of piperidine rings is 1. The van der Waals surface area contributed by atoms with E-state index in [1.165, 1.54) is 4.90 Å². The highest BCUT2D eigenvalue weighted by atomic mass is 16.5. The molecule has 166 valence electrons. The van der Waals surface area contributed by atoms with Crippen molar-refractivity contribution in [3.05, 3.63) is 23.8 Å². The van der Waals surface area contributed by atoms with Crippen molar-refractivity contribution in [2.45, 2.75) is 33.6 Å². The molecule has 30 heavy (non-hydrogen) atoms. The topological polar surface area (TPSA) is 85.4 Å². The zero-order valence-corrected chi connectivity index (χ0v) is 18.3. The van der Waals surface area contributed by atoms with E-state index < -0.39 is 0 Å². The number of nitrogens with zero attached hydrogens (tertiary/aromatic N) is 2. The smallest absolute Gasteiger partial charge is 0.310 e. The first kappa shape index (κ1) is 23.5. The number of hydrogen-bond acceptors (Lipinski definition) is 6. The maximum absolute atomic E-state index is 12.8. The quantitative estimate of drug-likeness (QED) is 0.570. The lowest BCUT2D eigenvalue weighted by atomic mass is 9.98. The Balaban J connectivity index is 2.01. The van der Waals surface area contributed by atoms with Crippen LogP contribution in [0.2, 0.25) is 0 Å². The number of carbonyl (C=O) groups excluding carboxylic acids is 3. The highest BCUT2D eigenvalue weighted by molar-refractivity contribution is 5.97. The van der Waals surface area contributed by atoms with Gasteiger partial charge in [-0.05, 0) is 51.8 Å². The molecule has 1 unspecified atom stereocenters. The van der Waals surface area contributed by atoms with Crippen LogP contribution in [0.15, 0.2) is 18.2 Å². The second-order valence-electron chi connectivity index (χ2n) is 7.12. The zero-order chi connectivity index (χ0) is 22.1. The number of likely N-dealkylation sites (tertiary alicyclic amines) is 1. The summed E-state index contributed by atoms with van der Waals surface area (Å²) >= 11 is 0. The molecule has 0 aliphatic carbocycles. The van der Waals surface area contributed by atoms with E-state index in [0.717, 1.165) is 6.42 Å². The van der Waals surface area contributed by atoms with E-state index in [-0.39, 0.29) is 30.2 Å². The summed E-state index contributed by atoms with van der Waals surface area (Å²) in [7, 11) is 1.59. The van der Waals surface area contributed by atoms with Crippen LogP contribution in [0.4, 0.5) is 0 Å². The molecule has 2 amide bonds. The van der Waals surface area contributed by atoms with Crippen LogP contribution in [-0.4, -0.2) is 74.1 Å². The Morgan fingerprint density at radius 2 is 1.77 bits per heavy atom. The largest absolute Gasteiger partial charge is 0.490 e. The van der Waals surface area contributed by atoms with Crippen molar-refractivity contribution in [3.8, 4) is 11.5 Å². The molecule has 8 heteroatoms. The van der Waals surface area contributed by atoms with Gasteiger partial charge in [-0.25, -0.2) is 0 Å². The molecule has 2 rings (SSSR count). The molecule has 1 aromatic rings. The molecule has 0 saturated carbocycles. The summed E-state index contributed by atoms with van der Waals surface area (Å²) < 4.78 is 16.2. The third-order valence-corrected chi connectivity index (χ3v) is 4.90. The highest BCUT2D eigenvalue weighted by Crippen LogP contribution is 2.29. The van der Waals surface area contributed by atoms with Crippen LogP contribution in [0.25, 0.3) is 0 Å². The first-order chi connectivity index (χ1) is 14.4. The summed E-state index contributed by atoms with van der Waals surface area (Å²) in [6, 6.07) is 5.00. The van der Waals surface area contributed by atoms with Gasteiger partial charge >= 0.3 is 5.97 Å². The van der Waals surface area contributed by atoms with Crippen molar-refractivity contribution in [3.63, 3.8) is 0 Å². The molecule has 8 nitrogen and oxygen atoms in total. The number of hydrogen-bond donors (Lipinski definition) is 0. The lowest BCUT2D eigenvalue weighted by Crippen LogP contribution is -2.47. The number of benzene rings is 1. The van der Waals surface area contributed by atoms with Crippen molar-refractivity contribution in [2.24, 2.45) is 5.92 Å². The van der Waals surface area contributed by atoms with Crippen LogP contribution in [-0.2, 0) is 14.3 Å². The average molecular weight is 421 g/mol. The standard InChI is InChI=1S/C22H32N2O6/c1-5-28-18-11-10-16(13-19(18)29-6-2)21(26)23(4)15-20(25)24-12-8-9-17(14-24)22(27)30-7-3/h10-11,13,17H,5-9,12,14-15H2,1-4H3. The predicted molar refractivity (Wildman–Crippen MR) is 112 cm³/mol. The van der Waals surface area contributed by atoms with Crippen LogP contribution < -0.4 is 9.47 Å². The molecule has 0 N–H and O–H groups in total. The summed E-state index contributed by atoms with van der Waals surface area (Å²) in [5, 5.41) is 0. The molecule has 1 aliphatic heterocycles. The van der Waals surface area contributed by atoms with Gasteiger partial charge in [-0.15, -0.1) is 0 Å². The third-order valence-electron chi connectivity index (χ3n) is 4.90. The van der Waals surface area contributed by atoms with E-state index in [1.807, 2.05) is 13.8 Å². The number of ether oxygens (including phenoxy) is 3. The molecule has 1 heterocycles. The Morgan fingerprint density at radius 3 is 2.43 bits per heavy atom. The molecule has 1 saturated heterocycles. The van der Waals surface area contributed by atoms with Gasteiger partial charge in [-0.3, -0.25) is 14.4 Å². The first-order valence-electron chi connectivity index (χ1n) is 10.5.